The molecule has 2 fully saturated rings. The van der Waals surface area contributed by atoms with Gasteiger partial charge in [0.15, 0.2) is 0 Å². The molecule has 1 atom stereocenters. The molecule has 1 saturated carbocycles. The van der Waals surface area contributed by atoms with Gasteiger partial charge in [-0.2, -0.15) is 0 Å². The van der Waals surface area contributed by atoms with Crippen molar-refractivity contribution in [2.75, 3.05) is 46.3 Å². The van der Waals surface area contributed by atoms with Crippen molar-refractivity contribution in [1.29, 1.82) is 0 Å². The number of likely N-dealkylation sites (N-methyl/N-ethyl adjacent to an activating group) is 1. The van der Waals surface area contributed by atoms with Gasteiger partial charge in [-0.25, -0.2) is 0 Å². The molecular weight excluding hydrogens is 186 g/mol. The first-order valence-corrected chi connectivity index (χ1v) is 6.22. The van der Waals surface area contributed by atoms with Crippen LogP contribution in [0, 0.1) is 5.41 Å². The Bertz CT molecular complexity index is 207. The molecule has 1 saturated heterocycles. The second-order valence-corrected chi connectivity index (χ2v) is 5.84. The zero-order chi connectivity index (χ0) is 10.9. The van der Waals surface area contributed by atoms with Gasteiger partial charge in [0.05, 0.1) is 0 Å². The van der Waals surface area contributed by atoms with Gasteiger partial charge in [0.1, 0.15) is 0 Å². The highest BCUT2D eigenvalue weighted by Crippen LogP contribution is 2.44. The summed E-state index contributed by atoms with van der Waals surface area (Å²) in [6.07, 6.45) is 1.36. The maximum atomic E-state index is 3.65. The first kappa shape index (κ1) is 11.4. The predicted octanol–water partition coefficient (Wildman–Crippen LogP) is 0.622. The number of nitrogens with zero attached hydrogens (tertiary/aromatic N) is 2. The summed E-state index contributed by atoms with van der Waals surface area (Å²) in [5.74, 6) is 0. The lowest BCUT2D eigenvalue weighted by Crippen LogP contribution is -2.46. The van der Waals surface area contributed by atoms with E-state index < -0.39 is 0 Å². The average Bonchev–Trinajstić information content (AvgIpc) is 2.78. The van der Waals surface area contributed by atoms with Gasteiger partial charge in [-0.1, -0.05) is 13.8 Å². The maximum Gasteiger partial charge on any atom is 0.0125 e. The fraction of sp³-hybridized carbons (Fsp3) is 1.00. The van der Waals surface area contributed by atoms with E-state index in [1.165, 1.54) is 39.1 Å². The molecule has 2 rings (SSSR count). The van der Waals surface area contributed by atoms with Gasteiger partial charge in [0, 0.05) is 45.3 Å². The molecule has 0 aromatic rings. The van der Waals surface area contributed by atoms with Gasteiger partial charge in [-0.05, 0) is 18.9 Å². The Labute approximate surface area is 93.8 Å². The van der Waals surface area contributed by atoms with Crippen LogP contribution >= 0.6 is 0 Å². The van der Waals surface area contributed by atoms with E-state index in [1.807, 2.05) is 0 Å². The predicted molar refractivity (Wildman–Crippen MR) is 64.1 cm³/mol. The van der Waals surface area contributed by atoms with Crippen LogP contribution in [0.2, 0.25) is 0 Å². The van der Waals surface area contributed by atoms with Crippen LogP contribution in [0.1, 0.15) is 20.3 Å². The monoisotopic (exact) mass is 211 g/mol. The molecule has 15 heavy (non-hydrogen) atoms. The summed E-state index contributed by atoms with van der Waals surface area (Å²) in [6, 6.07) is 0.782. The second-order valence-electron chi connectivity index (χ2n) is 5.84. The number of hydrogen-bond donors (Lipinski definition) is 1. The molecular formula is C12H25N3. The lowest BCUT2D eigenvalue weighted by Gasteiger charge is -2.32. The van der Waals surface area contributed by atoms with E-state index in [2.05, 4.69) is 36.0 Å². The standard InChI is InChI=1S/C12H25N3/c1-12(2)10-11(12)13-4-5-15-8-6-14(3)7-9-15/h11,13H,4-10H2,1-3H3. The van der Waals surface area contributed by atoms with Crippen LogP contribution in [0.15, 0.2) is 0 Å². The van der Waals surface area contributed by atoms with Crippen molar-refractivity contribution >= 4 is 0 Å². The van der Waals surface area contributed by atoms with Gasteiger partial charge in [-0.15, -0.1) is 0 Å². The normalized spacial score (nSPS) is 31.8. The molecule has 1 N–H and O–H groups in total. The summed E-state index contributed by atoms with van der Waals surface area (Å²) in [5.41, 5.74) is 0.572. The van der Waals surface area contributed by atoms with Crippen molar-refractivity contribution in [1.82, 2.24) is 15.1 Å². The molecule has 0 spiro atoms. The highest BCUT2D eigenvalue weighted by molar-refractivity contribution is 5.01. The van der Waals surface area contributed by atoms with Crippen molar-refractivity contribution in [3.63, 3.8) is 0 Å². The van der Waals surface area contributed by atoms with Crippen LogP contribution in [0.4, 0.5) is 0 Å². The minimum atomic E-state index is 0.572. The lowest BCUT2D eigenvalue weighted by molar-refractivity contribution is 0.154. The van der Waals surface area contributed by atoms with Crippen LogP contribution in [0.3, 0.4) is 0 Å². The van der Waals surface area contributed by atoms with Crippen LogP contribution in [-0.4, -0.2) is 62.2 Å². The van der Waals surface area contributed by atoms with Gasteiger partial charge in [0.25, 0.3) is 0 Å². The van der Waals surface area contributed by atoms with E-state index in [4.69, 9.17) is 0 Å². The molecule has 1 aliphatic heterocycles. The Balaban J connectivity index is 1.55. The third-order valence-electron chi connectivity index (χ3n) is 3.93. The lowest BCUT2D eigenvalue weighted by atomic mass is 10.2. The van der Waals surface area contributed by atoms with Gasteiger partial charge in [-0.3, -0.25) is 4.90 Å². The van der Waals surface area contributed by atoms with Crippen molar-refractivity contribution in [3.05, 3.63) is 0 Å². The van der Waals surface area contributed by atoms with Gasteiger partial charge in [0.2, 0.25) is 0 Å². The molecule has 0 bridgehead atoms. The third kappa shape index (κ3) is 3.16. The zero-order valence-electron chi connectivity index (χ0n) is 10.4. The Morgan fingerprint density at radius 3 is 2.33 bits per heavy atom. The Kier molecular flexibility index (Phi) is 3.33. The largest absolute Gasteiger partial charge is 0.312 e. The van der Waals surface area contributed by atoms with E-state index in [1.54, 1.807) is 0 Å². The number of piperazine rings is 1. The molecule has 2 aliphatic rings. The molecule has 0 aromatic heterocycles. The minimum absolute atomic E-state index is 0.572. The molecule has 1 unspecified atom stereocenters. The highest BCUT2D eigenvalue weighted by atomic mass is 15.2. The van der Waals surface area contributed by atoms with E-state index in [0.29, 0.717) is 5.41 Å². The van der Waals surface area contributed by atoms with Gasteiger partial charge < -0.3 is 10.2 Å². The molecule has 3 nitrogen and oxygen atoms in total. The Morgan fingerprint density at radius 1 is 1.20 bits per heavy atom. The quantitative estimate of drug-likeness (QED) is 0.735. The van der Waals surface area contributed by atoms with Crippen LogP contribution < -0.4 is 5.32 Å². The fourth-order valence-electron chi connectivity index (χ4n) is 2.28. The average molecular weight is 211 g/mol. The van der Waals surface area contributed by atoms with Crippen molar-refractivity contribution in [2.24, 2.45) is 5.41 Å². The van der Waals surface area contributed by atoms with Crippen LogP contribution in [0.25, 0.3) is 0 Å². The molecule has 1 aliphatic carbocycles. The summed E-state index contributed by atoms with van der Waals surface area (Å²) in [7, 11) is 2.21. The number of nitrogens with one attached hydrogen (secondary N) is 1. The van der Waals surface area contributed by atoms with Crippen molar-refractivity contribution in [3.8, 4) is 0 Å². The fourth-order valence-corrected chi connectivity index (χ4v) is 2.28. The van der Waals surface area contributed by atoms with Crippen LogP contribution in [-0.2, 0) is 0 Å². The summed E-state index contributed by atoms with van der Waals surface area (Å²) >= 11 is 0. The summed E-state index contributed by atoms with van der Waals surface area (Å²) in [6.45, 7) is 12.0. The maximum absolute atomic E-state index is 3.65. The number of rotatable bonds is 4. The molecule has 0 amide bonds. The first-order chi connectivity index (χ1) is 7.08. The van der Waals surface area contributed by atoms with Gasteiger partial charge >= 0.3 is 0 Å². The highest BCUT2D eigenvalue weighted by Gasteiger charge is 2.44. The zero-order valence-corrected chi connectivity index (χ0v) is 10.4. The summed E-state index contributed by atoms with van der Waals surface area (Å²) < 4.78 is 0. The third-order valence-corrected chi connectivity index (χ3v) is 3.93. The number of hydrogen-bond acceptors (Lipinski definition) is 3. The molecule has 1 heterocycles. The van der Waals surface area contributed by atoms with Crippen molar-refractivity contribution < 1.29 is 0 Å². The molecule has 0 aromatic carbocycles. The smallest absolute Gasteiger partial charge is 0.0125 e. The van der Waals surface area contributed by atoms with E-state index >= 15 is 0 Å². The van der Waals surface area contributed by atoms with Crippen molar-refractivity contribution in [2.45, 2.75) is 26.3 Å². The van der Waals surface area contributed by atoms with E-state index in [9.17, 15) is 0 Å². The summed E-state index contributed by atoms with van der Waals surface area (Å²) in [4.78, 5) is 4.98. The van der Waals surface area contributed by atoms with Crippen LogP contribution in [0.5, 0.6) is 0 Å². The Morgan fingerprint density at radius 2 is 1.80 bits per heavy atom. The molecule has 0 radical (unpaired) electrons. The second kappa shape index (κ2) is 4.40. The first-order valence-electron chi connectivity index (χ1n) is 6.22. The SMILES string of the molecule is CN1CCN(CCNC2CC2(C)C)CC1. The summed E-state index contributed by atoms with van der Waals surface area (Å²) in [5, 5.41) is 3.65. The minimum Gasteiger partial charge on any atom is -0.312 e. The topological polar surface area (TPSA) is 18.5 Å². The molecule has 3 heteroatoms. The van der Waals surface area contributed by atoms with E-state index in [-0.39, 0.29) is 0 Å². The Hall–Kier alpha value is -0.120. The molecule has 88 valence electrons. The van der Waals surface area contributed by atoms with E-state index in [0.717, 1.165) is 12.6 Å².